The van der Waals surface area contributed by atoms with Crippen LogP contribution in [0.3, 0.4) is 0 Å². The maximum absolute atomic E-state index is 12.2. The highest BCUT2D eigenvalue weighted by Gasteiger charge is 2.27. The smallest absolute Gasteiger partial charge is 0.274 e. The lowest BCUT2D eigenvalue weighted by molar-refractivity contribution is 0.0759. The van der Waals surface area contributed by atoms with Crippen molar-refractivity contribution < 1.29 is 9.90 Å². The van der Waals surface area contributed by atoms with E-state index in [0.29, 0.717) is 31.1 Å². The second kappa shape index (κ2) is 5.33. The van der Waals surface area contributed by atoms with Gasteiger partial charge in [0, 0.05) is 24.7 Å². The number of rotatable bonds is 2. The summed E-state index contributed by atoms with van der Waals surface area (Å²) in [5, 5.41) is 16.7. The molecule has 0 spiro atoms. The van der Waals surface area contributed by atoms with Gasteiger partial charge in [-0.25, -0.2) is 0 Å². The van der Waals surface area contributed by atoms with Gasteiger partial charge in [-0.05, 0) is 25.3 Å². The summed E-state index contributed by atoms with van der Waals surface area (Å²) < 4.78 is 0. The van der Waals surface area contributed by atoms with Crippen molar-refractivity contribution in [2.75, 3.05) is 13.1 Å². The second-order valence-electron chi connectivity index (χ2n) is 5.74. The standard InChI is InChI=1S/C14H21N3O2/c18-11-6-7-17(9-11)14(19)13-8-12(15-16-13)10-4-2-1-3-5-10/h8,10-11,18H,1-7,9H2,(H,15,16)/t11-/m1/s1. The van der Waals surface area contributed by atoms with Crippen molar-refractivity contribution in [3.8, 4) is 0 Å². The molecule has 2 heterocycles. The lowest BCUT2D eigenvalue weighted by atomic mass is 9.87. The molecule has 1 amide bonds. The number of aromatic nitrogens is 2. The molecule has 1 aromatic rings. The van der Waals surface area contributed by atoms with Crippen molar-refractivity contribution >= 4 is 5.91 Å². The zero-order valence-corrected chi connectivity index (χ0v) is 11.1. The number of hydrogen-bond acceptors (Lipinski definition) is 3. The van der Waals surface area contributed by atoms with E-state index in [9.17, 15) is 9.90 Å². The largest absolute Gasteiger partial charge is 0.391 e. The molecule has 1 aliphatic carbocycles. The summed E-state index contributed by atoms with van der Waals surface area (Å²) in [5.41, 5.74) is 1.59. The topological polar surface area (TPSA) is 69.2 Å². The Hall–Kier alpha value is -1.36. The van der Waals surface area contributed by atoms with Gasteiger partial charge in [-0.2, -0.15) is 5.10 Å². The molecule has 2 N–H and O–H groups in total. The van der Waals surface area contributed by atoms with Crippen LogP contribution in [0.1, 0.15) is 60.6 Å². The van der Waals surface area contributed by atoms with Gasteiger partial charge in [0.15, 0.2) is 0 Å². The van der Waals surface area contributed by atoms with E-state index in [4.69, 9.17) is 0 Å². The van der Waals surface area contributed by atoms with Crippen LogP contribution in [0.15, 0.2) is 6.07 Å². The normalized spacial score (nSPS) is 24.9. The molecule has 2 fully saturated rings. The fourth-order valence-electron chi connectivity index (χ4n) is 3.16. The molecule has 19 heavy (non-hydrogen) atoms. The quantitative estimate of drug-likeness (QED) is 0.852. The van der Waals surface area contributed by atoms with Crippen molar-refractivity contribution in [3.63, 3.8) is 0 Å². The van der Waals surface area contributed by atoms with Gasteiger partial charge >= 0.3 is 0 Å². The minimum Gasteiger partial charge on any atom is -0.391 e. The fourth-order valence-corrected chi connectivity index (χ4v) is 3.16. The Bertz CT molecular complexity index is 451. The number of carbonyl (C=O) groups is 1. The average molecular weight is 263 g/mol. The zero-order valence-electron chi connectivity index (χ0n) is 11.1. The van der Waals surface area contributed by atoms with E-state index in [1.807, 2.05) is 6.07 Å². The van der Waals surface area contributed by atoms with Crippen LogP contribution in [0.2, 0.25) is 0 Å². The Morgan fingerprint density at radius 1 is 1.32 bits per heavy atom. The van der Waals surface area contributed by atoms with Crippen molar-refractivity contribution in [2.24, 2.45) is 0 Å². The van der Waals surface area contributed by atoms with E-state index in [1.54, 1.807) is 4.90 Å². The number of aliphatic hydroxyl groups is 1. The molecule has 0 bridgehead atoms. The van der Waals surface area contributed by atoms with Gasteiger partial charge in [-0.1, -0.05) is 19.3 Å². The number of aliphatic hydroxyl groups excluding tert-OH is 1. The van der Waals surface area contributed by atoms with Crippen LogP contribution in [0.25, 0.3) is 0 Å². The van der Waals surface area contributed by atoms with Gasteiger partial charge in [-0.15, -0.1) is 0 Å². The van der Waals surface area contributed by atoms with E-state index in [-0.39, 0.29) is 12.0 Å². The molecule has 1 saturated heterocycles. The van der Waals surface area contributed by atoms with E-state index < -0.39 is 0 Å². The molecule has 104 valence electrons. The molecule has 1 aromatic heterocycles. The van der Waals surface area contributed by atoms with Gasteiger partial charge in [0.05, 0.1) is 6.10 Å². The molecule has 5 nitrogen and oxygen atoms in total. The Morgan fingerprint density at radius 2 is 2.11 bits per heavy atom. The van der Waals surface area contributed by atoms with Crippen molar-refractivity contribution in [1.82, 2.24) is 15.1 Å². The third-order valence-corrected chi connectivity index (χ3v) is 4.31. The summed E-state index contributed by atoms with van der Waals surface area (Å²) in [6, 6.07) is 1.91. The molecule has 5 heteroatoms. The minimum atomic E-state index is -0.374. The minimum absolute atomic E-state index is 0.0603. The van der Waals surface area contributed by atoms with E-state index in [1.165, 1.54) is 32.1 Å². The summed E-state index contributed by atoms with van der Waals surface area (Å²) in [7, 11) is 0. The van der Waals surface area contributed by atoms with Crippen LogP contribution in [0.5, 0.6) is 0 Å². The molecule has 0 unspecified atom stereocenters. The number of β-amino-alcohol motifs (C(OH)–C–C–N with tert-alkyl or cyclic N) is 1. The van der Waals surface area contributed by atoms with Crippen molar-refractivity contribution in [3.05, 3.63) is 17.5 Å². The van der Waals surface area contributed by atoms with Crippen LogP contribution in [0, 0.1) is 0 Å². The van der Waals surface area contributed by atoms with Crippen LogP contribution in [0.4, 0.5) is 0 Å². The first-order valence-corrected chi connectivity index (χ1v) is 7.26. The maximum Gasteiger partial charge on any atom is 0.274 e. The van der Waals surface area contributed by atoms with Gasteiger partial charge in [0.1, 0.15) is 5.69 Å². The van der Waals surface area contributed by atoms with Gasteiger partial charge in [-0.3, -0.25) is 9.89 Å². The van der Waals surface area contributed by atoms with Crippen LogP contribution in [-0.4, -0.2) is 45.3 Å². The van der Waals surface area contributed by atoms with Crippen molar-refractivity contribution in [1.29, 1.82) is 0 Å². The van der Waals surface area contributed by atoms with Crippen LogP contribution >= 0.6 is 0 Å². The maximum atomic E-state index is 12.2. The Kier molecular flexibility index (Phi) is 3.55. The predicted octanol–water partition coefficient (Wildman–Crippen LogP) is 1.66. The van der Waals surface area contributed by atoms with Gasteiger partial charge in [0.2, 0.25) is 0 Å². The highest BCUT2D eigenvalue weighted by molar-refractivity contribution is 5.92. The summed E-state index contributed by atoms with van der Waals surface area (Å²) in [4.78, 5) is 13.9. The lowest BCUT2D eigenvalue weighted by Gasteiger charge is -2.19. The van der Waals surface area contributed by atoms with Crippen LogP contribution < -0.4 is 0 Å². The first-order valence-electron chi connectivity index (χ1n) is 7.26. The monoisotopic (exact) mass is 263 g/mol. The van der Waals surface area contributed by atoms with E-state index in [0.717, 1.165) is 5.69 Å². The van der Waals surface area contributed by atoms with Crippen molar-refractivity contribution in [2.45, 2.75) is 50.5 Å². The summed E-state index contributed by atoms with van der Waals surface area (Å²) in [6.45, 7) is 1.07. The Morgan fingerprint density at radius 3 is 2.79 bits per heavy atom. The average Bonchev–Trinajstić information content (AvgIpc) is 3.08. The summed E-state index contributed by atoms with van der Waals surface area (Å²) in [5.74, 6) is 0.474. The number of H-pyrrole nitrogens is 1. The first-order chi connectivity index (χ1) is 9.24. The Labute approximate surface area is 113 Å². The second-order valence-corrected chi connectivity index (χ2v) is 5.74. The van der Waals surface area contributed by atoms with E-state index in [2.05, 4.69) is 10.2 Å². The number of nitrogens with one attached hydrogen (secondary N) is 1. The highest BCUT2D eigenvalue weighted by atomic mass is 16.3. The van der Waals surface area contributed by atoms with E-state index >= 15 is 0 Å². The molecule has 1 aliphatic heterocycles. The van der Waals surface area contributed by atoms with Gasteiger partial charge < -0.3 is 10.0 Å². The fraction of sp³-hybridized carbons (Fsp3) is 0.714. The van der Waals surface area contributed by atoms with Gasteiger partial charge in [0.25, 0.3) is 5.91 Å². The molecule has 0 aromatic carbocycles. The number of likely N-dealkylation sites (tertiary alicyclic amines) is 1. The summed E-state index contributed by atoms with van der Waals surface area (Å²) >= 11 is 0. The third-order valence-electron chi connectivity index (χ3n) is 4.31. The summed E-state index contributed by atoms with van der Waals surface area (Å²) in [6.07, 6.45) is 6.54. The number of aromatic amines is 1. The molecular formula is C14H21N3O2. The number of amides is 1. The lowest BCUT2D eigenvalue weighted by Crippen LogP contribution is -2.29. The Balaban J connectivity index is 1.68. The molecule has 0 radical (unpaired) electrons. The zero-order chi connectivity index (χ0) is 13.2. The highest BCUT2D eigenvalue weighted by Crippen LogP contribution is 2.31. The molecule has 2 aliphatic rings. The van der Waals surface area contributed by atoms with Crippen LogP contribution in [-0.2, 0) is 0 Å². The predicted molar refractivity (Wildman–Crippen MR) is 70.9 cm³/mol. The molecule has 1 saturated carbocycles. The molecule has 1 atom stereocenters. The molecule has 3 rings (SSSR count). The SMILES string of the molecule is O=C(c1cc(C2CCCCC2)[nH]n1)N1CC[C@@H](O)C1. The first kappa shape index (κ1) is 12.7. The number of carbonyl (C=O) groups excluding carboxylic acids is 1. The molecular weight excluding hydrogens is 242 g/mol. The number of hydrogen-bond donors (Lipinski definition) is 2. The number of nitrogens with zero attached hydrogens (tertiary/aromatic N) is 2. The third kappa shape index (κ3) is 2.66.